The van der Waals surface area contributed by atoms with Gasteiger partial charge < -0.3 is 9.40 Å². The summed E-state index contributed by atoms with van der Waals surface area (Å²) in [5.41, 5.74) is 1.54. The molecule has 29 heavy (non-hydrogen) atoms. The smallest absolute Gasteiger partial charge is 0.264 e. The summed E-state index contributed by atoms with van der Waals surface area (Å²) < 4.78 is 59.4. The van der Waals surface area contributed by atoms with E-state index < -0.39 is 21.7 Å². The quantitative estimate of drug-likeness (QED) is 0.510. The minimum Gasteiger partial charge on any atom is -0.415 e. The lowest BCUT2D eigenvalue weighted by Crippen LogP contribution is -2.13. The van der Waals surface area contributed by atoms with Crippen molar-refractivity contribution in [2.75, 3.05) is 4.72 Å². The van der Waals surface area contributed by atoms with Gasteiger partial charge in [0.15, 0.2) is 0 Å². The van der Waals surface area contributed by atoms with E-state index in [1.807, 2.05) is 0 Å². The summed E-state index contributed by atoms with van der Waals surface area (Å²) in [5.74, 6) is -0.609. The highest BCUT2D eigenvalue weighted by Crippen LogP contribution is 2.26. The normalized spacial score (nSPS) is 11.6. The molecule has 10 heteroatoms. The van der Waals surface area contributed by atoms with Gasteiger partial charge in [-0.3, -0.25) is 4.72 Å². The molecule has 0 saturated heterocycles. The Labute approximate surface area is 164 Å². The molecule has 0 fully saturated rings. The van der Waals surface area contributed by atoms with Gasteiger partial charge in [-0.15, -0.1) is 10.2 Å². The van der Waals surface area contributed by atoms with E-state index in [-0.39, 0.29) is 22.4 Å². The standard InChI is InChI=1S/C19H14F2N4O3S/c1-11-8-14(21)6-7-16(11)25-29(26,27)15-9-17(22-10-15)19-24-23-18(28-19)12-2-4-13(20)5-3-12/h2-10,22,25H,1H3. The Balaban J connectivity index is 1.58. The van der Waals surface area contributed by atoms with Crippen LogP contribution in [0.5, 0.6) is 0 Å². The number of benzene rings is 2. The Morgan fingerprint density at radius 2 is 1.66 bits per heavy atom. The molecule has 2 heterocycles. The molecule has 4 rings (SSSR count). The van der Waals surface area contributed by atoms with Crippen LogP contribution in [0.15, 0.2) is 64.0 Å². The number of hydrogen-bond donors (Lipinski definition) is 2. The molecule has 2 aromatic heterocycles. The Bertz CT molecular complexity index is 1280. The molecule has 0 bridgehead atoms. The van der Waals surface area contributed by atoms with Gasteiger partial charge in [-0.25, -0.2) is 17.2 Å². The van der Waals surface area contributed by atoms with Crippen molar-refractivity contribution in [3.05, 3.63) is 71.9 Å². The number of aromatic nitrogens is 3. The molecule has 0 spiro atoms. The number of aromatic amines is 1. The summed E-state index contributed by atoms with van der Waals surface area (Å²) in [6.07, 6.45) is 1.28. The molecule has 0 aliphatic heterocycles. The van der Waals surface area contributed by atoms with Gasteiger partial charge in [-0.05, 0) is 61.0 Å². The van der Waals surface area contributed by atoms with Crippen LogP contribution in [0.1, 0.15) is 5.56 Å². The van der Waals surface area contributed by atoms with Gasteiger partial charge in [0.2, 0.25) is 5.89 Å². The third-order valence-electron chi connectivity index (χ3n) is 4.15. The lowest BCUT2D eigenvalue weighted by Gasteiger charge is -2.09. The van der Waals surface area contributed by atoms with E-state index in [9.17, 15) is 17.2 Å². The van der Waals surface area contributed by atoms with E-state index in [0.717, 1.165) is 0 Å². The maximum atomic E-state index is 13.2. The number of halogens is 2. The van der Waals surface area contributed by atoms with Crippen molar-refractivity contribution in [3.63, 3.8) is 0 Å². The average molecular weight is 416 g/mol. The highest BCUT2D eigenvalue weighted by molar-refractivity contribution is 7.92. The highest BCUT2D eigenvalue weighted by Gasteiger charge is 2.20. The van der Waals surface area contributed by atoms with Gasteiger partial charge in [0.1, 0.15) is 22.2 Å². The zero-order chi connectivity index (χ0) is 20.6. The number of H-pyrrole nitrogens is 1. The van der Waals surface area contributed by atoms with E-state index >= 15 is 0 Å². The van der Waals surface area contributed by atoms with Crippen molar-refractivity contribution in [2.24, 2.45) is 0 Å². The summed E-state index contributed by atoms with van der Waals surface area (Å²) in [7, 11) is -3.92. The first-order chi connectivity index (χ1) is 13.8. The molecule has 0 unspecified atom stereocenters. The van der Waals surface area contributed by atoms with Crippen LogP contribution in [0.4, 0.5) is 14.5 Å². The van der Waals surface area contributed by atoms with Gasteiger partial charge >= 0.3 is 0 Å². The van der Waals surface area contributed by atoms with Crippen LogP contribution in [-0.4, -0.2) is 23.6 Å². The second-order valence-corrected chi connectivity index (χ2v) is 7.92. The third kappa shape index (κ3) is 3.87. The van der Waals surface area contributed by atoms with Crippen LogP contribution in [0.3, 0.4) is 0 Å². The van der Waals surface area contributed by atoms with Gasteiger partial charge in [-0.1, -0.05) is 0 Å². The molecule has 2 N–H and O–H groups in total. The van der Waals surface area contributed by atoms with Gasteiger partial charge in [0.05, 0.1) is 5.69 Å². The number of aryl methyl sites for hydroxylation is 1. The molecule has 0 saturated carbocycles. The van der Waals surface area contributed by atoms with E-state index in [1.54, 1.807) is 6.92 Å². The number of anilines is 1. The monoisotopic (exact) mass is 416 g/mol. The fraction of sp³-hybridized carbons (Fsp3) is 0.0526. The average Bonchev–Trinajstić information content (AvgIpc) is 3.34. The van der Waals surface area contributed by atoms with E-state index in [2.05, 4.69) is 19.9 Å². The first-order valence-corrected chi connectivity index (χ1v) is 9.87. The largest absolute Gasteiger partial charge is 0.415 e. The predicted molar refractivity (Wildman–Crippen MR) is 101 cm³/mol. The fourth-order valence-electron chi connectivity index (χ4n) is 2.64. The highest BCUT2D eigenvalue weighted by atomic mass is 32.2. The van der Waals surface area contributed by atoms with Crippen molar-refractivity contribution < 1.29 is 21.6 Å². The first-order valence-electron chi connectivity index (χ1n) is 8.39. The summed E-state index contributed by atoms with van der Waals surface area (Å²) in [6, 6.07) is 10.6. The predicted octanol–water partition coefficient (Wildman–Crippen LogP) is 4.12. The van der Waals surface area contributed by atoms with Crippen LogP contribution in [0, 0.1) is 18.6 Å². The summed E-state index contributed by atoms with van der Waals surface area (Å²) in [4.78, 5) is 2.72. The molecule has 7 nitrogen and oxygen atoms in total. The first kappa shape index (κ1) is 18.8. The lowest BCUT2D eigenvalue weighted by atomic mass is 10.2. The van der Waals surface area contributed by atoms with E-state index in [1.165, 1.54) is 54.7 Å². The second-order valence-electron chi connectivity index (χ2n) is 6.23. The maximum absolute atomic E-state index is 13.2. The molecule has 2 aromatic carbocycles. The topological polar surface area (TPSA) is 101 Å². The molecule has 0 amide bonds. The third-order valence-corrected chi connectivity index (χ3v) is 5.49. The minimum atomic E-state index is -3.92. The zero-order valence-corrected chi connectivity index (χ0v) is 15.8. The van der Waals surface area contributed by atoms with Crippen molar-refractivity contribution in [1.82, 2.24) is 15.2 Å². The minimum absolute atomic E-state index is 0.0576. The second kappa shape index (κ2) is 7.13. The lowest BCUT2D eigenvalue weighted by molar-refractivity contribution is 0.582. The maximum Gasteiger partial charge on any atom is 0.264 e. The van der Waals surface area contributed by atoms with E-state index in [4.69, 9.17) is 4.42 Å². The Morgan fingerprint density at radius 3 is 2.38 bits per heavy atom. The molecular weight excluding hydrogens is 402 g/mol. The molecule has 0 radical (unpaired) electrons. The SMILES string of the molecule is Cc1cc(F)ccc1NS(=O)(=O)c1c[nH]c(-c2nnc(-c3ccc(F)cc3)o2)c1. The summed E-state index contributed by atoms with van der Waals surface area (Å²) in [6.45, 7) is 1.60. The number of sulfonamides is 1. The Morgan fingerprint density at radius 1 is 0.966 bits per heavy atom. The Kier molecular flexibility index (Phi) is 4.63. The summed E-state index contributed by atoms with van der Waals surface area (Å²) >= 11 is 0. The molecule has 0 atom stereocenters. The van der Waals surface area contributed by atoms with Crippen molar-refractivity contribution in [3.8, 4) is 23.0 Å². The molecule has 0 aliphatic carbocycles. The fourth-order valence-corrected chi connectivity index (χ4v) is 3.76. The molecule has 4 aromatic rings. The van der Waals surface area contributed by atoms with Crippen molar-refractivity contribution in [1.29, 1.82) is 0 Å². The Hall–Kier alpha value is -3.53. The number of nitrogens with zero attached hydrogens (tertiary/aromatic N) is 2. The van der Waals surface area contributed by atoms with Gasteiger partial charge in [-0.2, -0.15) is 0 Å². The van der Waals surface area contributed by atoms with Crippen LogP contribution in [0.25, 0.3) is 23.0 Å². The summed E-state index contributed by atoms with van der Waals surface area (Å²) in [5, 5.41) is 7.78. The van der Waals surface area contributed by atoms with Gasteiger partial charge in [0, 0.05) is 11.8 Å². The van der Waals surface area contributed by atoms with Crippen molar-refractivity contribution >= 4 is 15.7 Å². The number of nitrogens with one attached hydrogen (secondary N) is 2. The molecule has 148 valence electrons. The number of rotatable bonds is 5. The van der Waals surface area contributed by atoms with E-state index in [0.29, 0.717) is 16.8 Å². The zero-order valence-electron chi connectivity index (χ0n) is 15.0. The number of hydrogen-bond acceptors (Lipinski definition) is 5. The van der Waals surface area contributed by atoms with Crippen LogP contribution >= 0.6 is 0 Å². The van der Waals surface area contributed by atoms with Crippen molar-refractivity contribution in [2.45, 2.75) is 11.8 Å². The molecular formula is C19H14F2N4O3S. The van der Waals surface area contributed by atoms with Crippen LogP contribution in [0.2, 0.25) is 0 Å². The van der Waals surface area contributed by atoms with Crippen LogP contribution < -0.4 is 4.72 Å². The molecule has 0 aliphatic rings. The van der Waals surface area contributed by atoms with Crippen LogP contribution in [-0.2, 0) is 10.0 Å². The van der Waals surface area contributed by atoms with Gasteiger partial charge in [0.25, 0.3) is 15.9 Å².